The van der Waals surface area contributed by atoms with Crippen molar-refractivity contribution < 1.29 is 4.52 Å². The first-order valence-electron chi connectivity index (χ1n) is 6.89. The molecule has 1 atom stereocenters. The summed E-state index contributed by atoms with van der Waals surface area (Å²) in [6.45, 7) is 7.18. The molecule has 3 rings (SSSR count). The molecule has 1 heterocycles. The van der Waals surface area contributed by atoms with Gasteiger partial charge in [-0.05, 0) is 42.0 Å². The molecule has 0 saturated heterocycles. The highest BCUT2D eigenvalue weighted by atomic mass is 35.5. The summed E-state index contributed by atoms with van der Waals surface area (Å²) in [4.78, 5) is 0. The van der Waals surface area contributed by atoms with E-state index in [1.54, 1.807) is 0 Å². The standard InChI is InChI=1S/C16H19ClN2O/c1-10-6-13(20-19-10)9-18-15-14-7-12(17)5-4-11(14)8-16(15,2)3/h4-7,15,18H,8-9H2,1-3H3. The van der Waals surface area contributed by atoms with E-state index < -0.39 is 0 Å². The molecule has 0 spiro atoms. The normalized spacial score (nSPS) is 20.1. The van der Waals surface area contributed by atoms with Crippen molar-refractivity contribution in [3.63, 3.8) is 0 Å². The van der Waals surface area contributed by atoms with Crippen LogP contribution in [0.4, 0.5) is 0 Å². The molecule has 1 aliphatic rings. The smallest absolute Gasteiger partial charge is 0.150 e. The van der Waals surface area contributed by atoms with Crippen molar-refractivity contribution in [1.82, 2.24) is 10.5 Å². The first kappa shape index (κ1) is 13.7. The Hall–Kier alpha value is -1.32. The van der Waals surface area contributed by atoms with Crippen LogP contribution in [0.5, 0.6) is 0 Å². The number of rotatable bonds is 3. The molecular weight excluding hydrogens is 272 g/mol. The number of aryl methyl sites for hydroxylation is 1. The number of nitrogens with one attached hydrogen (secondary N) is 1. The van der Waals surface area contributed by atoms with Crippen LogP contribution in [0.1, 0.15) is 42.5 Å². The van der Waals surface area contributed by atoms with Crippen LogP contribution in [0.2, 0.25) is 5.02 Å². The van der Waals surface area contributed by atoms with Gasteiger partial charge in [0.2, 0.25) is 0 Å². The summed E-state index contributed by atoms with van der Waals surface area (Å²) in [5, 5.41) is 8.31. The fraction of sp³-hybridized carbons (Fsp3) is 0.438. The predicted molar refractivity (Wildman–Crippen MR) is 79.8 cm³/mol. The molecule has 1 aromatic carbocycles. The van der Waals surface area contributed by atoms with Gasteiger partial charge in [0.25, 0.3) is 0 Å². The van der Waals surface area contributed by atoms with Crippen LogP contribution >= 0.6 is 11.6 Å². The van der Waals surface area contributed by atoms with Gasteiger partial charge in [-0.25, -0.2) is 0 Å². The van der Waals surface area contributed by atoms with Gasteiger partial charge in [0, 0.05) is 17.1 Å². The summed E-state index contributed by atoms with van der Waals surface area (Å²) in [5.74, 6) is 0.869. The summed E-state index contributed by atoms with van der Waals surface area (Å²) >= 11 is 6.15. The number of halogens is 1. The van der Waals surface area contributed by atoms with Gasteiger partial charge in [0.1, 0.15) is 0 Å². The van der Waals surface area contributed by atoms with E-state index >= 15 is 0 Å². The van der Waals surface area contributed by atoms with Crippen LogP contribution in [0.3, 0.4) is 0 Å². The lowest BCUT2D eigenvalue weighted by molar-refractivity contribution is 0.257. The van der Waals surface area contributed by atoms with Gasteiger partial charge in [-0.15, -0.1) is 0 Å². The van der Waals surface area contributed by atoms with Crippen LogP contribution in [0.15, 0.2) is 28.8 Å². The van der Waals surface area contributed by atoms with Crippen molar-refractivity contribution in [3.05, 3.63) is 51.9 Å². The summed E-state index contributed by atoms with van der Waals surface area (Å²) < 4.78 is 5.27. The zero-order chi connectivity index (χ0) is 14.3. The maximum absolute atomic E-state index is 6.15. The molecule has 1 N–H and O–H groups in total. The molecule has 0 saturated carbocycles. The Balaban J connectivity index is 1.83. The minimum atomic E-state index is 0.169. The molecule has 1 aliphatic carbocycles. The number of fused-ring (bicyclic) bond motifs is 1. The molecule has 0 aliphatic heterocycles. The highest BCUT2D eigenvalue weighted by molar-refractivity contribution is 6.30. The fourth-order valence-corrected chi connectivity index (χ4v) is 3.28. The first-order chi connectivity index (χ1) is 9.45. The van der Waals surface area contributed by atoms with E-state index in [4.69, 9.17) is 16.1 Å². The van der Waals surface area contributed by atoms with Crippen LogP contribution in [-0.4, -0.2) is 5.16 Å². The topological polar surface area (TPSA) is 38.1 Å². The Morgan fingerprint density at radius 2 is 2.20 bits per heavy atom. The monoisotopic (exact) mass is 290 g/mol. The highest BCUT2D eigenvalue weighted by Gasteiger charge is 2.38. The number of hydrogen-bond donors (Lipinski definition) is 1. The molecule has 20 heavy (non-hydrogen) atoms. The number of nitrogens with zero attached hydrogens (tertiary/aromatic N) is 1. The van der Waals surface area contributed by atoms with E-state index in [2.05, 4.69) is 36.5 Å². The summed E-state index contributed by atoms with van der Waals surface area (Å²) in [6, 6.07) is 8.43. The minimum absolute atomic E-state index is 0.169. The van der Waals surface area contributed by atoms with Crippen LogP contribution in [-0.2, 0) is 13.0 Å². The summed E-state index contributed by atoms with van der Waals surface area (Å²) in [6.07, 6.45) is 1.06. The van der Waals surface area contributed by atoms with Gasteiger partial charge in [-0.2, -0.15) is 0 Å². The maximum Gasteiger partial charge on any atom is 0.150 e. The second-order valence-corrected chi connectivity index (χ2v) is 6.69. The average Bonchev–Trinajstić information content (AvgIpc) is 2.87. The van der Waals surface area contributed by atoms with E-state index in [1.807, 2.05) is 19.1 Å². The molecule has 2 aromatic rings. The zero-order valence-corrected chi connectivity index (χ0v) is 12.8. The predicted octanol–water partition coefficient (Wildman–Crippen LogP) is 4.05. The number of benzene rings is 1. The molecule has 0 bridgehead atoms. The minimum Gasteiger partial charge on any atom is -0.360 e. The first-order valence-corrected chi connectivity index (χ1v) is 7.27. The second-order valence-electron chi connectivity index (χ2n) is 6.26. The van der Waals surface area contributed by atoms with Crippen LogP contribution in [0.25, 0.3) is 0 Å². The molecule has 0 amide bonds. The van der Waals surface area contributed by atoms with Crippen LogP contribution < -0.4 is 5.32 Å². The van der Waals surface area contributed by atoms with Crippen molar-refractivity contribution in [3.8, 4) is 0 Å². The SMILES string of the molecule is Cc1cc(CNC2c3cc(Cl)ccc3CC2(C)C)on1. The molecule has 4 heteroatoms. The quantitative estimate of drug-likeness (QED) is 0.927. The summed E-state index contributed by atoms with van der Waals surface area (Å²) in [5.41, 5.74) is 3.77. The number of hydrogen-bond acceptors (Lipinski definition) is 3. The Morgan fingerprint density at radius 3 is 2.90 bits per heavy atom. The Bertz CT molecular complexity index is 633. The third-order valence-electron chi connectivity index (χ3n) is 4.00. The van der Waals surface area contributed by atoms with Gasteiger partial charge < -0.3 is 9.84 Å². The van der Waals surface area contributed by atoms with E-state index in [9.17, 15) is 0 Å². The largest absolute Gasteiger partial charge is 0.360 e. The molecular formula is C16H19ClN2O. The van der Waals surface area contributed by atoms with Gasteiger partial charge in [0.05, 0.1) is 12.2 Å². The average molecular weight is 291 g/mol. The van der Waals surface area contributed by atoms with Crippen molar-refractivity contribution in [1.29, 1.82) is 0 Å². The fourth-order valence-electron chi connectivity index (χ4n) is 3.10. The maximum atomic E-state index is 6.15. The molecule has 3 nitrogen and oxygen atoms in total. The lowest BCUT2D eigenvalue weighted by Gasteiger charge is -2.28. The summed E-state index contributed by atoms with van der Waals surface area (Å²) in [7, 11) is 0. The van der Waals surface area contributed by atoms with Crippen molar-refractivity contribution in [2.45, 2.75) is 39.8 Å². The van der Waals surface area contributed by atoms with Crippen LogP contribution in [0, 0.1) is 12.3 Å². The molecule has 0 fully saturated rings. The van der Waals surface area contributed by atoms with Gasteiger partial charge >= 0.3 is 0 Å². The van der Waals surface area contributed by atoms with E-state index in [0.717, 1.165) is 22.9 Å². The third-order valence-corrected chi connectivity index (χ3v) is 4.24. The van der Waals surface area contributed by atoms with Gasteiger partial charge in [0.15, 0.2) is 5.76 Å². The van der Waals surface area contributed by atoms with Gasteiger partial charge in [-0.1, -0.05) is 36.7 Å². The highest BCUT2D eigenvalue weighted by Crippen LogP contribution is 2.45. The lowest BCUT2D eigenvalue weighted by atomic mass is 9.85. The van der Waals surface area contributed by atoms with E-state index in [-0.39, 0.29) is 11.5 Å². The Morgan fingerprint density at radius 1 is 1.40 bits per heavy atom. The van der Waals surface area contributed by atoms with Gasteiger partial charge in [-0.3, -0.25) is 0 Å². The van der Waals surface area contributed by atoms with E-state index in [0.29, 0.717) is 6.54 Å². The van der Waals surface area contributed by atoms with Crippen molar-refractivity contribution in [2.75, 3.05) is 0 Å². The molecule has 1 aromatic heterocycles. The lowest BCUT2D eigenvalue weighted by Crippen LogP contribution is -2.30. The van der Waals surface area contributed by atoms with E-state index in [1.165, 1.54) is 11.1 Å². The second kappa shape index (κ2) is 4.90. The Labute approximate surface area is 124 Å². The Kier molecular flexibility index (Phi) is 3.35. The zero-order valence-electron chi connectivity index (χ0n) is 12.0. The number of aromatic nitrogens is 1. The molecule has 0 radical (unpaired) electrons. The molecule has 106 valence electrons. The van der Waals surface area contributed by atoms with Crippen molar-refractivity contribution in [2.24, 2.45) is 5.41 Å². The molecule has 1 unspecified atom stereocenters. The third kappa shape index (κ3) is 2.48. The van der Waals surface area contributed by atoms with Crippen molar-refractivity contribution >= 4 is 11.6 Å².